The van der Waals surface area contributed by atoms with E-state index >= 15 is 0 Å². The van der Waals surface area contributed by atoms with Gasteiger partial charge in [-0.1, -0.05) is 9.24 Å². The van der Waals surface area contributed by atoms with Gasteiger partial charge in [0, 0.05) is 20.6 Å². The van der Waals surface area contributed by atoms with Crippen molar-refractivity contribution in [2.45, 2.75) is 18.7 Å². The first kappa shape index (κ1) is 15.1. The number of rotatable bonds is 7. The van der Waals surface area contributed by atoms with Gasteiger partial charge in [0.15, 0.2) is 0 Å². The molecule has 3 atom stereocenters. The van der Waals surface area contributed by atoms with Gasteiger partial charge in [0.05, 0.1) is 0 Å². The molecule has 5 nitrogen and oxygen atoms in total. The maximum Gasteiger partial charge on any atom is 0.280 e. The Morgan fingerprint density at radius 2 is 2.20 bits per heavy atom. The van der Waals surface area contributed by atoms with Crippen molar-refractivity contribution in [1.82, 2.24) is 5.25 Å². The first-order chi connectivity index (χ1) is 7.08. The predicted molar refractivity (Wildman–Crippen MR) is 62.6 cm³/mol. The molecule has 0 aliphatic heterocycles. The molecule has 7 heteroatoms. The standard InChI is InChI=1S/C8H17NO4P2/c1-4-5-6-8(14,11-2)7-13-9-15(10)12-3/h15H,6-7,14H2,1-3H3,(H,9,10)/t8-/m1/s1. The zero-order chi connectivity index (χ0) is 11.7. The van der Waals surface area contributed by atoms with Gasteiger partial charge in [0.25, 0.3) is 8.18 Å². The van der Waals surface area contributed by atoms with E-state index in [9.17, 15) is 4.57 Å². The molecule has 2 unspecified atom stereocenters. The normalized spacial score (nSPS) is 16.3. The molecule has 0 amide bonds. The fourth-order valence-corrected chi connectivity index (χ4v) is 1.14. The van der Waals surface area contributed by atoms with E-state index in [2.05, 4.69) is 30.9 Å². The summed E-state index contributed by atoms with van der Waals surface area (Å²) >= 11 is 0. The molecule has 88 valence electrons. The van der Waals surface area contributed by atoms with Crippen molar-refractivity contribution in [3.05, 3.63) is 0 Å². The van der Waals surface area contributed by atoms with E-state index in [-0.39, 0.29) is 6.61 Å². The molecule has 0 fully saturated rings. The van der Waals surface area contributed by atoms with Crippen LogP contribution in [-0.2, 0) is 18.7 Å². The largest absolute Gasteiger partial charge is 0.371 e. The van der Waals surface area contributed by atoms with Crippen LogP contribution < -0.4 is 5.25 Å². The molecule has 0 rings (SSSR count). The van der Waals surface area contributed by atoms with Gasteiger partial charge in [0.2, 0.25) is 0 Å². The van der Waals surface area contributed by atoms with Crippen molar-refractivity contribution in [3.8, 4) is 11.8 Å². The lowest BCUT2D eigenvalue weighted by molar-refractivity contribution is -0.0308. The summed E-state index contributed by atoms with van der Waals surface area (Å²) in [6.45, 7) is 1.96. The summed E-state index contributed by atoms with van der Waals surface area (Å²) < 4.78 is 20.6. The SMILES string of the molecule is CC#CC[C@@](P)(CON[PH](=O)OC)OC. The Labute approximate surface area is 93.3 Å². The van der Waals surface area contributed by atoms with Gasteiger partial charge in [-0.3, -0.25) is 9.40 Å². The Hall–Kier alpha value is 0.0600. The molecule has 0 saturated heterocycles. The van der Waals surface area contributed by atoms with E-state index in [1.807, 2.05) is 0 Å². The summed E-state index contributed by atoms with van der Waals surface area (Å²) in [6, 6.07) is 0. The molecule has 0 radical (unpaired) electrons. The zero-order valence-electron chi connectivity index (χ0n) is 9.12. The van der Waals surface area contributed by atoms with E-state index in [1.165, 1.54) is 7.11 Å². The quantitative estimate of drug-likeness (QED) is 0.419. The number of ether oxygens (including phenoxy) is 1. The molecule has 0 heterocycles. The molecular weight excluding hydrogens is 236 g/mol. The van der Waals surface area contributed by atoms with Crippen molar-refractivity contribution >= 4 is 17.4 Å². The monoisotopic (exact) mass is 253 g/mol. The van der Waals surface area contributed by atoms with Crippen molar-refractivity contribution in [3.63, 3.8) is 0 Å². The summed E-state index contributed by atoms with van der Waals surface area (Å²) in [5, 5.41) is 1.69. The summed E-state index contributed by atoms with van der Waals surface area (Å²) in [4.78, 5) is 4.98. The van der Waals surface area contributed by atoms with Crippen LogP contribution in [0.5, 0.6) is 0 Å². The minimum atomic E-state index is -2.30. The molecule has 0 aromatic rings. The molecule has 0 aromatic heterocycles. The van der Waals surface area contributed by atoms with Gasteiger partial charge < -0.3 is 9.26 Å². The number of hydrogen-bond acceptors (Lipinski definition) is 4. The molecule has 0 aliphatic carbocycles. The van der Waals surface area contributed by atoms with E-state index < -0.39 is 13.5 Å². The van der Waals surface area contributed by atoms with Crippen LogP contribution in [-0.4, -0.2) is 26.2 Å². The summed E-state index contributed by atoms with van der Waals surface area (Å²) in [7, 11) is 3.12. The number of nitrogens with one attached hydrogen (secondary N) is 1. The molecular formula is C8H17NO4P2. The van der Waals surface area contributed by atoms with Crippen molar-refractivity contribution in [2.75, 3.05) is 20.8 Å². The Balaban J connectivity index is 3.96. The van der Waals surface area contributed by atoms with Crippen LogP contribution in [0.2, 0.25) is 0 Å². The molecule has 1 N–H and O–H groups in total. The van der Waals surface area contributed by atoms with Gasteiger partial charge >= 0.3 is 0 Å². The third-order valence-corrected chi connectivity index (χ3v) is 2.92. The lowest BCUT2D eigenvalue weighted by Crippen LogP contribution is -2.31. The molecule has 0 spiro atoms. The lowest BCUT2D eigenvalue weighted by atomic mass is 10.2. The maximum absolute atomic E-state index is 10.9. The Morgan fingerprint density at radius 1 is 1.53 bits per heavy atom. The van der Waals surface area contributed by atoms with E-state index in [0.29, 0.717) is 6.42 Å². The topological polar surface area (TPSA) is 56.8 Å². The first-order valence-corrected chi connectivity index (χ1v) is 6.16. The van der Waals surface area contributed by atoms with Gasteiger partial charge in [-0.05, 0) is 6.92 Å². The van der Waals surface area contributed by atoms with Crippen molar-refractivity contribution < 1.29 is 18.7 Å². The third-order valence-electron chi connectivity index (χ3n) is 1.63. The van der Waals surface area contributed by atoms with Crippen LogP contribution in [0, 0.1) is 11.8 Å². The second-order valence-corrected chi connectivity index (χ2v) is 4.99. The molecule has 15 heavy (non-hydrogen) atoms. The van der Waals surface area contributed by atoms with Crippen LogP contribution in [0.4, 0.5) is 0 Å². The summed E-state index contributed by atoms with van der Waals surface area (Å²) in [6.07, 6.45) is 0.514. The molecule has 0 bridgehead atoms. The second kappa shape index (κ2) is 8.24. The Kier molecular flexibility index (Phi) is 8.27. The number of hydrogen-bond donors (Lipinski definition) is 1. The third kappa shape index (κ3) is 7.03. The highest BCUT2D eigenvalue weighted by Gasteiger charge is 2.23. The Morgan fingerprint density at radius 3 is 2.67 bits per heavy atom. The summed E-state index contributed by atoms with van der Waals surface area (Å²) in [5.74, 6) is 5.66. The molecule has 0 saturated carbocycles. The smallest absolute Gasteiger partial charge is 0.280 e. The van der Waals surface area contributed by atoms with E-state index in [1.54, 1.807) is 14.0 Å². The predicted octanol–water partition coefficient (Wildman–Crippen LogP) is 1.17. The van der Waals surface area contributed by atoms with Crippen LogP contribution in [0.3, 0.4) is 0 Å². The second-order valence-electron chi connectivity index (χ2n) is 2.75. The zero-order valence-corrected chi connectivity index (χ0v) is 11.3. The minimum Gasteiger partial charge on any atom is -0.371 e. The fraction of sp³-hybridized carbons (Fsp3) is 0.750. The lowest BCUT2D eigenvalue weighted by Gasteiger charge is -2.24. The van der Waals surface area contributed by atoms with E-state index in [0.717, 1.165) is 0 Å². The van der Waals surface area contributed by atoms with Gasteiger partial charge in [0.1, 0.15) is 11.9 Å². The van der Waals surface area contributed by atoms with Crippen LogP contribution >= 0.6 is 17.4 Å². The van der Waals surface area contributed by atoms with Crippen molar-refractivity contribution in [2.24, 2.45) is 0 Å². The van der Waals surface area contributed by atoms with Crippen LogP contribution in [0.25, 0.3) is 0 Å². The fourth-order valence-electron chi connectivity index (χ4n) is 0.679. The van der Waals surface area contributed by atoms with Gasteiger partial charge in [-0.15, -0.1) is 17.1 Å². The van der Waals surface area contributed by atoms with E-state index in [4.69, 9.17) is 9.57 Å². The average Bonchev–Trinajstić information content (AvgIpc) is 2.26. The average molecular weight is 253 g/mol. The van der Waals surface area contributed by atoms with Crippen molar-refractivity contribution in [1.29, 1.82) is 0 Å². The highest BCUT2D eigenvalue weighted by Crippen LogP contribution is 2.24. The molecule has 0 aliphatic rings. The molecule has 0 aromatic carbocycles. The first-order valence-electron chi connectivity index (χ1n) is 4.27. The Bertz CT molecular complexity index is 263. The van der Waals surface area contributed by atoms with Gasteiger partial charge in [-0.25, -0.2) is 0 Å². The highest BCUT2D eigenvalue weighted by molar-refractivity contribution is 7.36. The minimum absolute atomic E-state index is 0.211. The maximum atomic E-state index is 10.9. The highest BCUT2D eigenvalue weighted by atomic mass is 31.1. The van der Waals surface area contributed by atoms with Crippen LogP contribution in [0.15, 0.2) is 0 Å². The number of methoxy groups -OCH3 is 1. The van der Waals surface area contributed by atoms with Gasteiger partial charge in [-0.2, -0.15) is 0 Å². The van der Waals surface area contributed by atoms with Crippen LogP contribution in [0.1, 0.15) is 13.3 Å². The summed E-state index contributed by atoms with van der Waals surface area (Å²) in [5.41, 5.74) is 0.